The molecule has 2 aliphatic carbocycles. The molecular weight excluding hydrogens is 390 g/mol. The van der Waals surface area contributed by atoms with Crippen LogP contribution in [0.25, 0.3) is 12.2 Å². The Morgan fingerprint density at radius 1 is 0.636 bits per heavy atom. The molecule has 3 heteroatoms. The van der Waals surface area contributed by atoms with Gasteiger partial charge in [0, 0.05) is 0 Å². The van der Waals surface area contributed by atoms with Crippen molar-refractivity contribution >= 4 is 12.2 Å². The number of hydrogen-bond acceptors (Lipinski definition) is 0. The smallest absolute Gasteiger partial charge is 1.00 e. The Bertz CT molecular complexity index is 655. The van der Waals surface area contributed by atoms with E-state index in [-0.39, 0.29) is 51.0 Å². The largest absolute Gasteiger partial charge is 2.00 e. The topological polar surface area (TPSA) is 0 Å². The minimum Gasteiger partial charge on any atom is -1.00 e. The second kappa shape index (κ2) is 8.30. The summed E-state index contributed by atoms with van der Waals surface area (Å²) in [5.41, 5.74) is 8.89. The molecule has 2 aromatic carbocycles. The first-order chi connectivity index (χ1) is 9.38. The summed E-state index contributed by atoms with van der Waals surface area (Å²) in [6.07, 6.45) is 8.13. The summed E-state index contributed by atoms with van der Waals surface area (Å²) < 4.78 is 0. The van der Waals surface area contributed by atoms with Crippen molar-refractivity contribution < 1.29 is 51.0 Å². The minimum atomic E-state index is 0. The fourth-order valence-electron chi connectivity index (χ4n) is 3.22. The van der Waals surface area contributed by atoms with E-state index in [1.807, 2.05) is 0 Å². The maximum absolute atomic E-state index is 2.37. The van der Waals surface area contributed by atoms with Crippen molar-refractivity contribution in [3.8, 4) is 0 Å². The minimum absolute atomic E-state index is 0. The van der Waals surface area contributed by atoms with Gasteiger partial charge in [-0.15, -0.1) is 0 Å². The molecule has 0 saturated carbocycles. The van der Waals surface area contributed by atoms with Crippen LogP contribution in [0.4, 0.5) is 0 Å². The van der Waals surface area contributed by atoms with Gasteiger partial charge in [-0.2, -0.15) is 0 Å². The van der Waals surface area contributed by atoms with Crippen molar-refractivity contribution in [3.05, 3.63) is 81.9 Å². The van der Waals surface area contributed by atoms with E-state index in [0.717, 1.165) is 19.3 Å². The van der Waals surface area contributed by atoms with E-state index in [1.54, 1.807) is 11.1 Å². The first-order valence-corrected chi connectivity index (χ1v) is 6.93. The van der Waals surface area contributed by atoms with Crippen molar-refractivity contribution in [2.45, 2.75) is 19.3 Å². The van der Waals surface area contributed by atoms with Crippen LogP contribution >= 0.6 is 0 Å². The molecule has 0 N–H and O–H groups in total. The molecule has 0 aromatic heterocycles. The molecule has 0 atom stereocenters. The third kappa shape index (κ3) is 3.82. The number of allylic oxidation sites excluding steroid dienone is 2. The van der Waals surface area contributed by atoms with Gasteiger partial charge in [-0.05, 0) is 41.5 Å². The first kappa shape index (κ1) is 19.4. The van der Waals surface area contributed by atoms with E-state index in [9.17, 15) is 0 Å². The van der Waals surface area contributed by atoms with Crippen LogP contribution in [0.2, 0.25) is 0 Å². The van der Waals surface area contributed by atoms with Gasteiger partial charge < -0.3 is 24.8 Å². The number of rotatable bonds is 2. The molecule has 110 valence electrons. The molecular formula is C19H16Cl2Zr. The summed E-state index contributed by atoms with van der Waals surface area (Å²) in [7, 11) is 0. The van der Waals surface area contributed by atoms with Gasteiger partial charge >= 0.3 is 26.2 Å². The van der Waals surface area contributed by atoms with Gasteiger partial charge in [0.2, 0.25) is 0 Å². The molecule has 2 aromatic rings. The Labute approximate surface area is 163 Å². The molecule has 22 heavy (non-hydrogen) atoms. The van der Waals surface area contributed by atoms with Gasteiger partial charge in [0.05, 0.1) is 0 Å². The quantitative estimate of drug-likeness (QED) is 0.580. The molecule has 0 fully saturated rings. The normalized spacial score (nSPS) is 13.6. The predicted molar refractivity (Wildman–Crippen MR) is 80.9 cm³/mol. The standard InChI is InChI=1S/C19H16.2ClH.Zr/c1-2-6-17-11-14(10-16(17)5-1)9-15-12-18-7-3-4-8-19(18)13-15;;;/h1-8,10,12H,9,11,13H2;2*1H;/q;;;+2/p-2. The molecule has 0 heterocycles. The second-order valence-corrected chi connectivity index (χ2v) is 5.53. The summed E-state index contributed by atoms with van der Waals surface area (Å²) >= 11 is 0. The van der Waals surface area contributed by atoms with E-state index in [2.05, 4.69) is 60.7 Å². The van der Waals surface area contributed by atoms with Crippen LogP contribution in [-0.2, 0) is 39.0 Å². The maximum atomic E-state index is 2.37. The van der Waals surface area contributed by atoms with Crippen LogP contribution in [0.5, 0.6) is 0 Å². The maximum Gasteiger partial charge on any atom is 2.00 e. The monoisotopic (exact) mass is 404 g/mol. The SMILES string of the molecule is C1=C(CC2=Cc3ccccc3C2)Cc2ccccc21.[Cl-].[Cl-].[Zr+2]. The second-order valence-electron chi connectivity index (χ2n) is 5.53. The van der Waals surface area contributed by atoms with E-state index in [0.29, 0.717) is 0 Å². The van der Waals surface area contributed by atoms with Crippen LogP contribution in [0.15, 0.2) is 59.7 Å². The molecule has 0 amide bonds. The zero-order chi connectivity index (χ0) is 12.7. The third-order valence-corrected chi connectivity index (χ3v) is 4.12. The molecule has 0 aliphatic heterocycles. The van der Waals surface area contributed by atoms with E-state index >= 15 is 0 Å². The summed E-state index contributed by atoms with van der Waals surface area (Å²) in [4.78, 5) is 0. The predicted octanol–water partition coefficient (Wildman–Crippen LogP) is -1.34. The zero-order valence-corrected chi connectivity index (χ0v) is 16.1. The van der Waals surface area contributed by atoms with Crippen molar-refractivity contribution in [2.75, 3.05) is 0 Å². The van der Waals surface area contributed by atoms with Crippen molar-refractivity contribution in [3.63, 3.8) is 0 Å². The zero-order valence-electron chi connectivity index (χ0n) is 12.2. The molecule has 0 spiro atoms. The average molecular weight is 406 g/mol. The number of halogens is 2. The Balaban J connectivity index is 0.000000807. The first-order valence-electron chi connectivity index (χ1n) is 6.93. The molecule has 4 rings (SSSR count). The molecule has 0 saturated heterocycles. The van der Waals surface area contributed by atoms with Crippen LogP contribution in [0.1, 0.15) is 28.7 Å². The number of hydrogen-bond donors (Lipinski definition) is 0. The Morgan fingerprint density at radius 2 is 1.05 bits per heavy atom. The molecule has 0 bridgehead atoms. The average Bonchev–Trinajstić information content (AvgIpc) is 3.00. The van der Waals surface area contributed by atoms with Gasteiger partial charge in [-0.3, -0.25) is 0 Å². The van der Waals surface area contributed by atoms with Crippen molar-refractivity contribution in [2.24, 2.45) is 0 Å². The van der Waals surface area contributed by atoms with E-state index in [4.69, 9.17) is 0 Å². The van der Waals surface area contributed by atoms with Crippen molar-refractivity contribution in [1.29, 1.82) is 0 Å². The van der Waals surface area contributed by atoms with Crippen LogP contribution in [0, 0.1) is 0 Å². The van der Waals surface area contributed by atoms with E-state index < -0.39 is 0 Å². The fourth-order valence-corrected chi connectivity index (χ4v) is 3.22. The summed E-state index contributed by atoms with van der Waals surface area (Å²) in [5, 5.41) is 0. The number of benzene rings is 2. The van der Waals surface area contributed by atoms with Gasteiger partial charge in [-0.25, -0.2) is 0 Å². The van der Waals surface area contributed by atoms with Gasteiger partial charge in [0.25, 0.3) is 0 Å². The molecule has 0 nitrogen and oxygen atoms in total. The van der Waals surface area contributed by atoms with Gasteiger partial charge in [0.15, 0.2) is 0 Å². The van der Waals surface area contributed by atoms with Gasteiger partial charge in [-0.1, -0.05) is 71.8 Å². The van der Waals surface area contributed by atoms with Crippen LogP contribution < -0.4 is 24.8 Å². The summed E-state index contributed by atoms with van der Waals surface area (Å²) in [6.45, 7) is 0. The summed E-state index contributed by atoms with van der Waals surface area (Å²) in [6, 6.07) is 17.5. The Hall–Kier alpha value is -0.617. The van der Waals surface area contributed by atoms with Crippen LogP contribution in [0.3, 0.4) is 0 Å². The Morgan fingerprint density at radius 3 is 1.45 bits per heavy atom. The molecule has 0 radical (unpaired) electrons. The number of fused-ring (bicyclic) bond motifs is 2. The summed E-state index contributed by atoms with van der Waals surface area (Å²) in [5.74, 6) is 0. The molecule has 2 aliphatic rings. The Kier molecular flexibility index (Phi) is 7.33. The third-order valence-electron chi connectivity index (χ3n) is 4.12. The molecule has 0 unspecified atom stereocenters. The van der Waals surface area contributed by atoms with Crippen molar-refractivity contribution in [1.82, 2.24) is 0 Å². The fraction of sp³-hybridized carbons (Fsp3) is 0.158. The van der Waals surface area contributed by atoms with Crippen LogP contribution in [-0.4, -0.2) is 0 Å². The van der Waals surface area contributed by atoms with E-state index in [1.165, 1.54) is 22.3 Å². The van der Waals surface area contributed by atoms with Gasteiger partial charge in [0.1, 0.15) is 0 Å².